The highest BCUT2D eigenvalue weighted by Crippen LogP contribution is 2.77. The van der Waals surface area contributed by atoms with E-state index in [0.29, 0.717) is 28.5 Å². The molecule has 0 radical (unpaired) electrons. The van der Waals surface area contributed by atoms with Gasteiger partial charge in [-0.25, -0.2) is 9.97 Å². The van der Waals surface area contributed by atoms with Crippen molar-refractivity contribution in [1.82, 2.24) is 20.2 Å². The first-order valence-electron chi connectivity index (χ1n) is 7.70. The summed E-state index contributed by atoms with van der Waals surface area (Å²) in [6, 6.07) is 8.06. The molecule has 114 valence electrons. The summed E-state index contributed by atoms with van der Waals surface area (Å²) in [7, 11) is 0. The average Bonchev–Trinajstić information content (AvgIpc) is 3.12. The maximum Gasteiger partial charge on any atom is 0.177 e. The molecule has 4 aliphatic rings. The SMILES string of the molecule is N[C@@]12C3[C@H]1[C@H]2CN3c1cnc2c(-c3cccc(Cl)c3)n[nH]c2n1. The summed E-state index contributed by atoms with van der Waals surface area (Å²) >= 11 is 6.07. The number of rotatable bonds is 2. The second-order valence-electron chi connectivity index (χ2n) is 6.74. The number of nitrogens with two attached hydrogens (primary N) is 1. The standard InChI is InChI=1S/C16H13ClN6/c17-8-3-1-2-7(4-8)12-13-15(22-21-12)20-10(5-19-13)23-6-9-11-14(23)16(9,11)18/h1-5,9,11,14H,6,18H2,(H,20,21,22)/t9-,11-,14?,16-/m1/s1. The Balaban J connectivity index is 1.42. The molecule has 6 nitrogen and oxygen atoms in total. The lowest BCUT2D eigenvalue weighted by atomic mass is 10.1. The van der Waals surface area contributed by atoms with Gasteiger partial charge >= 0.3 is 0 Å². The van der Waals surface area contributed by atoms with Gasteiger partial charge in [0.15, 0.2) is 5.65 Å². The molecular formula is C16H13ClN6. The molecule has 23 heavy (non-hydrogen) atoms. The monoisotopic (exact) mass is 324 g/mol. The molecule has 4 atom stereocenters. The van der Waals surface area contributed by atoms with Crippen LogP contribution < -0.4 is 10.6 Å². The third-order valence-electron chi connectivity index (χ3n) is 5.67. The van der Waals surface area contributed by atoms with E-state index < -0.39 is 0 Å². The highest BCUT2D eigenvalue weighted by Gasteiger charge is 2.91. The number of halogens is 1. The van der Waals surface area contributed by atoms with Gasteiger partial charge in [-0.15, -0.1) is 0 Å². The minimum absolute atomic E-state index is 0.0799. The van der Waals surface area contributed by atoms with Crippen LogP contribution in [0.2, 0.25) is 5.02 Å². The van der Waals surface area contributed by atoms with Crippen LogP contribution in [0.4, 0.5) is 5.82 Å². The smallest absolute Gasteiger partial charge is 0.177 e. The molecule has 1 unspecified atom stereocenters. The second-order valence-corrected chi connectivity index (χ2v) is 7.17. The lowest BCUT2D eigenvalue weighted by Gasteiger charge is -2.16. The Bertz CT molecular complexity index is 978. The predicted octanol–water partition coefficient (Wildman–Crippen LogP) is 1.82. The molecule has 2 aromatic heterocycles. The molecule has 0 amide bonds. The van der Waals surface area contributed by atoms with Gasteiger partial charge in [-0.2, -0.15) is 5.10 Å². The molecule has 2 bridgehead atoms. The number of aromatic nitrogens is 4. The van der Waals surface area contributed by atoms with Crippen molar-refractivity contribution in [1.29, 1.82) is 0 Å². The zero-order valence-corrected chi connectivity index (χ0v) is 12.8. The van der Waals surface area contributed by atoms with Crippen LogP contribution in [0.5, 0.6) is 0 Å². The third-order valence-corrected chi connectivity index (χ3v) is 5.90. The molecule has 4 heterocycles. The van der Waals surface area contributed by atoms with Crippen molar-refractivity contribution in [3.8, 4) is 11.3 Å². The lowest BCUT2D eigenvalue weighted by Crippen LogP contribution is -2.28. The fourth-order valence-electron chi connectivity index (χ4n) is 4.36. The molecule has 7 heteroatoms. The van der Waals surface area contributed by atoms with E-state index in [4.69, 9.17) is 22.3 Å². The molecule has 2 saturated carbocycles. The summed E-state index contributed by atoms with van der Waals surface area (Å²) in [5.74, 6) is 2.23. The van der Waals surface area contributed by atoms with Crippen molar-refractivity contribution in [2.75, 3.05) is 11.4 Å². The molecule has 2 aliphatic heterocycles. The number of piperidine rings is 1. The quantitative estimate of drug-likeness (QED) is 0.751. The number of H-pyrrole nitrogens is 1. The molecule has 4 fully saturated rings. The summed E-state index contributed by atoms with van der Waals surface area (Å²) in [6.45, 7) is 1.00. The summed E-state index contributed by atoms with van der Waals surface area (Å²) < 4.78 is 0. The Labute approximate surface area is 136 Å². The molecule has 3 N–H and O–H groups in total. The number of hydrogen-bond donors (Lipinski definition) is 2. The minimum atomic E-state index is 0.0799. The van der Waals surface area contributed by atoms with E-state index in [1.165, 1.54) is 0 Å². The summed E-state index contributed by atoms with van der Waals surface area (Å²) in [6.07, 6.45) is 1.83. The van der Waals surface area contributed by atoms with Gasteiger partial charge in [-0.3, -0.25) is 5.10 Å². The number of fused-ring (bicyclic) bond motifs is 2. The molecule has 2 aliphatic carbocycles. The van der Waals surface area contributed by atoms with Gasteiger partial charge in [0.1, 0.15) is 17.0 Å². The number of anilines is 1. The Hall–Kier alpha value is -2.18. The van der Waals surface area contributed by atoms with Gasteiger partial charge in [-0.1, -0.05) is 23.7 Å². The first kappa shape index (κ1) is 12.3. The van der Waals surface area contributed by atoms with Crippen LogP contribution in [0.25, 0.3) is 22.4 Å². The van der Waals surface area contributed by atoms with Gasteiger partial charge in [0, 0.05) is 34.5 Å². The van der Waals surface area contributed by atoms with Gasteiger partial charge in [-0.05, 0) is 12.1 Å². The van der Waals surface area contributed by atoms with Crippen molar-refractivity contribution in [2.24, 2.45) is 17.6 Å². The van der Waals surface area contributed by atoms with Crippen LogP contribution in [-0.2, 0) is 0 Å². The molecule has 2 saturated heterocycles. The van der Waals surface area contributed by atoms with E-state index in [1.54, 1.807) is 0 Å². The van der Waals surface area contributed by atoms with Crippen molar-refractivity contribution >= 4 is 28.6 Å². The minimum Gasteiger partial charge on any atom is -0.350 e. The fraction of sp³-hybridized carbons (Fsp3) is 0.312. The van der Waals surface area contributed by atoms with E-state index in [1.807, 2.05) is 30.5 Å². The summed E-state index contributed by atoms with van der Waals surface area (Å²) in [4.78, 5) is 11.6. The highest BCUT2D eigenvalue weighted by atomic mass is 35.5. The van der Waals surface area contributed by atoms with Crippen LogP contribution >= 0.6 is 11.6 Å². The van der Waals surface area contributed by atoms with Crippen LogP contribution in [0.1, 0.15) is 0 Å². The largest absolute Gasteiger partial charge is 0.350 e. The van der Waals surface area contributed by atoms with Crippen molar-refractivity contribution in [3.63, 3.8) is 0 Å². The van der Waals surface area contributed by atoms with Crippen molar-refractivity contribution in [3.05, 3.63) is 35.5 Å². The number of aromatic amines is 1. The van der Waals surface area contributed by atoms with Crippen molar-refractivity contribution < 1.29 is 0 Å². The molecule has 0 spiro atoms. The van der Waals surface area contributed by atoms with Crippen molar-refractivity contribution in [2.45, 2.75) is 11.6 Å². The van der Waals surface area contributed by atoms with E-state index in [9.17, 15) is 0 Å². The predicted molar refractivity (Wildman–Crippen MR) is 87.2 cm³/mol. The van der Waals surface area contributed by atoms with Gasteiger partial charge in [0.05, 0.1) is 12.2 Å². The molecular weight excluding hydrogens is 312 g/mol. The molecule has 7 rings (SSSR count). The maximum atomic E-state index is 6.30. The summed E-state index contributed by atoms with van der Waals surface area (Å²) in [5.41, 5.74) is 9.54. The Kier molecular flexibility index (Phi) is 1.95. The zero-order valence-electron chi connectivity index (χ0n) is 12.1. The van der Waals surface area contributed by atoms with Crippen LogP contribution in [0.15, 0.2) is 30.5 Å². The highest BCUT2D eigenvalue weighted by molar-refractivity contribution is 6.30. The fourth-order valence-corrected chi connectivity index (χ4v) is 4.55. The second kappa shape index (κ2) is 3.66. The van der Waals surface area contributed by atoms with Crippen LogP contribution in [0, 0.1) is 11.8 Å². The lowest BCUT2D eigenvalue weighted by molar-refractivity contribution is 0.666. The van der Waals surface area contributed by atoms with Crippen LogP contribution in [-0.4, -0.2) is 38.3 Å². The number of nitrogens with one attached hydrogen (secondary N) is 1. The molecule has 1 aromatic carbocycles. The zero-order chi connectivity index (χ0) is 15.3. The van der Waals surface area contributed by atoms with Gasteiger partial charge in [0.2, 0.25) is 0 Å². The Morgan fingerprint density at radius 1 is 1.39 bits per heavy atom. The normalized spacial score (nSPS) is 33.1. The first-order valence-corrected chi connectivity index (χ1v) is 8.08. The number of nitrogens with zero attached hydrogens (tertiary/aromatic N) is 4. The van der Waals surface area contributed by atoms with E-state index in [0.717, 1.165) is 29.1 Å². The Morgan fingerprint density at radius 2 is 2.26 bits per heavy atom. The first-order chi connectivity index (χ1) is 11.2. The molecule has 3 aromatic rings. The topological polar surface area (TPSA) is 83.7 Å². The Morgan fingerprint density at radius 3 is 3.00 bits per heavy atom. The van der Waals surface area contributed by atoms with E-state index in [2.05, 4.69) is 20.1 Å². The third kappa shape index (κ3) is 1.37. The number of hydrogen-bond acceptors (Lipinski definition) is 5. The van der Waals surface area contributed by atoms with E-state index in [-0.39, 0.29) is 5.54 Å². The van der Waals surface area contributed by atoms with Crippen LogP contribution in [0.3, 0.4) is 0 Å². The summed E-state index contributed by atoms with van der Waals surface area (Å²) in [5, 5.41) is 8.04. The average molecular weight is 325 g/mol. The van der Waals surface area contributed by atoms with E-state index >= 15 is 0 Å². The maximum absolute atomic E-state index is 6.30. The van der Waals surface area contributed by atoms with Gasteiger partial charge in [0.25, 0.3) is 0 Å². The van der Waals surface area contributed by atoms with Gasteiger partial charge < -0.3 is 10.6 Å². The number of benzene rings is 1.